The molecular weight excluding hydrogens is 341 g/mol. The van der Waals surface area contributed by atoms with Gasteiger partial charge in [0.15, 0.2) is 0 Å². The van der Waals surface area contributed by atoms with Crippen molar-refractivity contribution in [3.05, 3.63) is 63.4 Å². The number of hydrogen-bond acceptors (Lipinski definition) is 2. The Morgan fingerprint density at radius 2 is 1.95 bits per heavy atom. The second-order valence-electron chi connectivity index (χ2n) is 4.39. The Morgan fingerprint density at radius 1 is 1.24 bits per heavy atom. The molecule has 0 saturated carbocycles. The fourth-order valence-electron chi connectivity index (χ4n) is 1.89. The molecule has 0 bridgehead atoms. The molecule has 0 aromatic heterocycles. The summed E-state index contributed by atoms with van der Waals surface area (Å²) >= 11 is 3.00. The Hall–Kier alpha value is -2.21. The van der Waals surface area contributed by atoms with Gasteiger partial charge in [0.2, 0.25) is 0 Å². The Balaban J connectivity index is 2.34. The Bertz CT molecular complexity index is 731. The van der Waals surface area contributed by atoms with Gasteiger partial charge in [0, 0.05) is 5.56 Å². The summed E-state index contributed by atoms with van der Waals surface area (Å²) in [7, 11) is 0. The molecule has 0 saturated heterocycles. The highest BCUT2D eigenvalue weighted by atomic mass is 79.9. The lowest BCUT2D eigenvalue weighted by Crippen LogP contribution is -2.15. The fraction of sp³-hybridized carbons (Fsp3) is 0.0667. The quantitative estimate of drug-likeness (QED) is 0.882. The molecule has 4 nitrogen and oxygen atoms in total. The molecule has 0 fully saturated rings. The van der Waals surface area contributed by atoms with E-state index in [1.165, 1.54) is 18.2 Å². The van der Waals surface area contributed by atoms with E-state index >= 15 is 0 Å². The number of anilines is 1. The molecule has 0 unspecified atom stereocenters. The first kappa shape index (κ1) is 15.2. The number of nitrogens with one attached hydrogen (secondary N) is 1. The molecule has 0 aliphatic carbocycles. The molecule has 0 spiro atoms. The maximum Gasteiger partial charge on any atom is 0.338 e. The van der Waals surface area contributed by atoms with Crippen LogP contribution in [0.4, 0.5) is 10.1 Å². The summed E-state index contributed by atoms with van der Waals surface area (Å²) in [5.41, 5.74) is 0.829. The van der Waals surface area contributed by atoms with Crippen molar-refractivity contribution in [3.8, 4) is 0 Å². The van der Waals surface area contributed by atoms with Crippen molar-refractivity contribution in [3.63, 3.8) is 0 Å². The van der Waals surface area contributed by atoms with Crippen LogP contribution in [0.15, 0.2) is 40.9 Å². The monoisotopic (exact) mass is 351 g/mol. The van der Waals surface area contributed by atoms with Crippen LogP contribution in [0.5, 0.6) is 0 Å². The lowest BCUT2D eigenvalue weighted by atomic mass is 10.1. The van der Waals surface area contributed by atoms with Crippen LogP contribution < -0.4 is 5.32 Å². The van der Waals surface area contributed by atoms with Crippen LogP contribution in [0, 0.1) is 12.7 Å². The van der Waals surface area contributed by atoms with Gasteiger partial charge in [-0.2, -0.15) is 0 Å². The molecule has 0 heterocycles. The van der Waals surface area contributed by atoms with Crippen LogP contribution in [0.1, 0.15) is 26.3 Å². The summed E-state index contributed by atoms with van der Waals surface area (Å²) in [6.45, 7) is 1.64. The van der Waals surface area contributed by atoms with Crippen molar-refractivity contribution in [2.75, 3.05) is 5.32 Å². The number of aryl methyl sites for hydroxylation is 1. The van der Waals surface area contributed by atoms with Crippen molar-refractivity contribution in [2.24, 2.45) is 0 Å². The molecule has 21 heavy (non-hydrogen) atoms. The van der Waals surface area contributed by atoms with Crippen LogP contribution in [-0.4, -0.2) is 17.0 Å². The van der Waals surface area contributed by atoms with Crippen molar-refractivity contribution in [1.29, 1.82) is 0 Å². The average Bonchev–Trinajstić information content (AvgIpc) is 2.41. The molecule has 0 aliphatic heterocycles. The van der Waals surface area contributed by atoms with Gasteiger partial charge >= 0.3 is 5.97 Å². The second kappa shape index (κ2) is 6.05. The van der Waals surface area contributed by atoms with Gasteiger partial charge in [0.05, 0.1) is 15.7 Å². The number of amides is 1. The van der Waals surface area contributed by atoms with Gasteiger partial charge in [-0.15, -0.1) is 0 Å². The maximum atomic E-state index is 13.4. The van der Waals surface area contributed by atoms with E-state index in [2.05, 4.69) is 21.2 Å². The number of carbonyl (C=O) groups excluding carboxylic acids is 1. The summed E-state index contributed by atoms with van der Waals surface area (Å²) < 4.78 is 13.7. The molecule has 108 valence electrons. The zero-order chi connectivity index (χ0) is 15.6. The first-order valence-electron chi connectivity index (χ1n) is 5.99. The Labute approximate surface area is 128 Å². The minimum Gasteiger partial charge on any atom is -0.478 e. The number of carbonyl (C=O) groups is 2. The molecule has 2 aromatic rings. The third-order valence-corrected chi connectivity index (χ3v) is 3.56. The SMILES string of the molecule is Cc1cccc(NC(=O)c2ccc(Br)c(F)c2)c1C(=O)O. The first-order chi connectivity index (χ1) is 9.90. The first-order valence-corrected chi connectivity index (χ1v) is 6.78. The van der Waals surface area contributed by atoms with E-state index in [0.717, 1.165) is 6.07 Å². The highest BCUT2D eigenvalue weighted by Crippen LogP contribution is 2.21. The summed E-state index contributed by atoms with van der Waals surface area (Å²) in [5, 5.41) is 11.7. The topological polar surface area (TPSA) is 66.4 Å². The number of aromatic carboxylic acids is 1. The number of halogens is 2. The number of carboxylic acids is 1. The van der Waals surface area contributed by atoms with Gasteiger partial charge in [-0.25, -0.2) is 9.18 Å². The van der Waals surface area contributed by atoms with Gasteiger partial charge in [0.1, 0.15) is 5.82 Å². The minimum atomic E-state index is -1.13. The number of carboxylic acid groups (broad SMARTS) is 1. The molecule has 6 heteroatoms. The highest BCUT2D eigenvalue weighted by molar-refractivity contribution is 9.10. The second-order valence-corrected chi connectivity index (χ2v) is 5.24. The average molecular weight is 352 g/mol. The van der Waals surface area contributed by atoms with E-state index in [1.54, 1.807) is 19.1 Å². The van der Waals surface area contributed by atoms with Crippen LogP contribution in [-0.2, 0) is 0 Å². The standard InChI is InChI=1S/C15H11BrFNO3/c1-8-3-2-4-12(13(8)15(20)21)18-14(19)9-5-6-10(16)11(17)7-9/h2-7H,1H3,(H,18,19)(H,20,21). The molecular formula is C15H11BrFNO3. The maximum absolute atomic E-state index is 13.4. The highest BCUT2D eigenvalue weighted by Gasteiger charge is 2.16. The van der Waals surface area contributed by atoms with Crippen molar-refractivity contribution in [2.45, 2.75) is 6.92 Å². The summed E-state index contributed by atoms with van der Waals surface area (Å²) in [5.74, 6) is -2.27. The van der Waals surface area contributed by atoms with E-state index in [4.69, 9.17) is 0 Å². The van der Waals surface area contributed by atoms with Crippen molar-refractivity contribution >= 4 is 33.5 Å². The molecule has 2 rings (SSSR count). The smallest absolute Gasteiger partial charge is 0.338 e. The van der Waals surface area contributed by atoms with Gasteiger partial charge < -0.3 is 10.4 Å². The summed E-state index contributed by atoms with van der Waals surface area (Å²) in [6.07, 6.45) is 0. The number of rotatable bonds is 3. The van der Waals surface area contributed by atoms with Crippen molar-refractivity contribution < 1.29 is 19.1 Å². The third kappa shape index (κ3) is 3.28. The Morgan fingerprint density at radius 3 is 2.57 bits per heavy atom. The minimum absolute atomic E-state index is 0.0171. The van der Waals surface area contributed by atoms with E-state index in [-0.39, 0.29) is 21.3 Å². The molecule has 1 amide bonds. The van der Waals surface area contributed by atoms with Gasteiger partial charge in [-0.1, -0.05) is 12.1 Å². The molecule has 2 aromatic carbocycles. The number of benzene rings is 2. The van der Waals surface area contributed by atoms with E-state index in [0.29, 0.717) is 5.56 Å². The van der Waals surface area contributed by atoms with E-state index in [9.17, 15) is 19.1 Å². The molecule has 0 aliphatic rings. The van der Waals surface area contributed by atoms with E-state index < -0.39 is 17.7 Å². The number of hydrogen-bond donors (Lipinski definition) is 2. The fourth-order valence-corrected chi connectivity index (χ4v) is 2.13. The normalized spacial score (nSPS) is 10.2. The van der Waals surface area contributed by atoms with Crippen molar-refractivity contribution in [1.82, 2.24) is 0 Å². The largest absolute Gasteiger partial charge is 0.478 e. The zero-order valence-corrected chi connectivity index (χ0v) is 12.6. The van der Waals surface area contributed by atoms with Gasteiger partial charge in [0.25, 0.3) is 5.91 Å². The lowest BCUT2D eigenvalue weighted by Gasteiger charge is -2.10. The summed E-state index contributed by atoms with van der Waals surface area (Å²) in [6, 6.07) is 8.70. The molecule has 2 N–H and O–H groups in total. The molecule has 0 atom stereocenters. The Kier molecular flexibility index (Phi) is 4.37. The predicted octanol–water partition coefficient (Wildman–Crippen LogP) is 3.85. The van der Waals surface area contributed by atoms with Gasteiger partial charge in [-0.3, -0.25) is 4.79 Å². The van der Waals surface area contributed by atoms with Crippen LogP contribution in [0.25, 0.3) is 0 Å². The van der Waals surface area contributed by atoms with E-state index in [1.807, 2.05) is 0 Å². The van der Waals surface area contributed by atoms with Gasteiger partial charge in [-0.05, 0) is 52.7 Å². The van der Waals surface area contributed by atoms with Crippen LogP contribution >= 0.6 is 15.9 Å². The predicted molar refractivity (Wildman–Crippen MR) is 80.2 cm³/mol. The zero-order valence-electron chi connectivity index (χ0n) is 11.0. The van der Waals surface area contributed by atoms with Crippen LogP contribution in [0.3, 0.4) is 0 Å². The molecule has 0 radical (unpaired) electrons. The lowest BCUT2D eigenvalue weighted by molar-refractivity contribution is 0.0697. The van der Waals surface area contributed by atoms with Crippen LogP contribution in [0.2, 0.25) is 0 Å². The summed E-state index contributed by atoms with van der Waals surface area (Å²) in [4.78, 5) is 23.3. The third-order valence-electron chi connectivity index (χ3n) is 2.92.